The maximum atomic E-state index is 11.9. The van der Waals surface area contributed by atoms with E-state index in [9.17, 15) is 9.90 Å². The molecule has 1 aromatic rings. The smallest absolute Gasteiger partial charge is 0.230 e. The molecular formula is C14H18BrNO2S. The Labute approximate surface area is 126 Å². The molecule has 0 spiro atoms. The Bertz CT molecular complexity index is 424. The highest BCUT2D eigenvalue weighted by Gasteiger charge is 2.27. The third-order valence-electron chi connectivity index (χ3n) is 3.42. The average molecular weight is 344 g/mol. The van der Waals surface area contributed by atoms with E-state index in [4.69, 9.17) is 0 Å². The first-order chi connectivity index (χ1) is 9.19. The first-order valence-corrected chi connectivity index (χ1v) is 8.25. The van der Waals surface area contributed by atoms with Crippen molar-refractivity contribution < 1.29 is 9.90 Å². The summed E-state index contributed by atoms with van der Waals surface area (Å²) in [5.74, 6) is 0.718. The molecule has 19 heavy (non-hydrogen) atoms. The van der Waals surface area contributed by atoms with Gasteiger partial charge in [-0.15, -0.1) is 11.8 Å². The number of carbonyl (C=O) groups is 1. The van der Waals surface area contributed by atoms with Crippen LogP contribution >= 0.6 is 27.7 Å². The van der Waals surface area contributed by atoms with E-state index in [1.54, 1.807) is 0 Å². The third kappa shape index (κ3) is 4.51. The highest BCUT2D eigenvalue weighted by Crippen LogP contribution is 2.25. The lowest BCUT2D eigenvalue weighted by Gasteiger charge is -2.18. The van der Waals surface area contributed by atoms with Gasteiger partial charge in [0, 0.05) is 27.9 Å². The first-order valence-electron chi connectivity index (χ1n) is 6.47. The fraction of sp³-hybridized carbons (Fsp3) is 0.500. The Morgan fingerprint density at radius 3 is 2.79 bits per heavy atom. The minimum absolute atomic E-state index is 0.0540. The van der Waals surface area contributed by atoms with Crippen LogP contribution in [0.25, 0.3) is 0 Å². The van der Waals surface area contributed by atoms with Crippen LogP contribution in [0.15, 0.2) is 33.6 Å². The van der Waals surface area contributed by atoms with Crippen LogP contribution in [0.4, 0.5) is 0 Å². The number of aliphatic hydroxyl groups excluding tert-OH is 1. The lowest BCUT2D eigenvalue weighted by Crippen LogP contribution is -2.39. The number of rotatable bonds is 5. The van der Waals surface area contributed by atoms with E-state index in [0.717, 1.165) is 28.6 Å². The van der Waals surface area contributed by atoms with Crippen LogP contribution < -0.4 is 5.32 Å². The number of carbonyl (C=O) groups excluding carboxylic acids is 1. The SMILES string of the molecule is O=C(CSc1ccc(Br)cc1)NC1CCCC1CO. The number of nitrogens with one attached hydrogen (secondary N) is 1. The number of hydrogen-bond acceptors (Lipinski definition) is 3. The van der Waals surface area contributed by atoms with Gasteiger partial charge in [-0.25, -0.2) is 0 Å². The Kier molecular flexibility index (Phi) is 5.73. The fourth-order valence-electron chi connectivity index (χ4n) is 2.37. The van der Waals surface area contributed by atoms with Crippen molar-refractivity contribution in [3.8, 4) is 0 Å². The molecule has 3 nitrogen and oxygen atoms in total. The number of aliphatic hydroxyl groups is 1. The molecule has 2 N–H and O–H groups in total. The zero-order valence-corrected chi connectivity index (χ0v) is 13.0. The minimum Gasteiger partial charge on any atom is -0.396 e. The van der Waals surface area contributed by atoms with Crippen molar-refractivity contribution in [3.05, 3.63) is 28.7 Å². The molecule has 1 aliphatic carbocycles. The average Bonchev–Trinajstić information content (AvgIpc) is 2.85. The monoisotopic (exact) mass is 343 g/mol. The topological polar surface area (TPSA) is 49.3 Å². The maximum absolute atomic E-state index is 11.9. The maximum Gasteiger partial charge on any atom is 0.230 e. The third-order valence-corrected chi connectivity index (χ3v) is 4.96. The second-order valence-electron chi connectivity index (χ2n) is 4.79. The van der Waals surface area contributed by atoms with Crippen molar-refractivity contribution in [3.63, 3.8) is 0 Å². The van der Waals surface area contributed by atoms with E-state index in [1.807, 2.05) is 24.3 Å². The quantitative estimate of drug-likeness (QED) is 0.808. The number of amides is 1. The van der Waals surface area contributed by atoms with Gasteiger partial charge in [-0.3, -0.25) is 4.79 Å². The van der Waals surface area contributed by atoms with Crippen LogP contribution in [0.2, 0.25) is 0 Å². The van der Waals surface area contributed by atoms with Crippen LogP contribution in [0.3, 0.4) is 0 Å². The van der Waals surface area contributed by atoms with Crippen molar-refractivity contribution in [2.45, 2.75) is 30.2 Å². The summed E-state index contributed by atoms with van der Waals surface area (Å²) in [6.45, 7) is 0.171. The van der Waals surface area contributed by atoms with Gasteiger partial charge in [0.1, 0.15) is 0 Å². The summed E-state index contributed by atoms with van der Waals surface area (Å²) in [7, 11) is 0. The zero-order chi connectivity index (χ0) is 13.7. The van der Waals surface area contributed by atoms with Crippen molar-refractivity contribution in [1.29, 1.82) is 0 Å². The van der Waals surface area contributed by atoms with Crippen LogP contribution in [0.5, 0.6) is 0 Å². The van der Waals surface area contributed by atoms with Gasteiger partial charge in [-0.2, -0.15) is 0 Å². The number of halogens is 1. The van der Waals surface area contributed by atoms with E-state index >= 15 is 0 Å². The standard InChI is InChI=1S/C14H18BrNO2S/c15-11-4-6-12(7-5-11)19-9-14(18)16-13-3-1-2-10(13)8-17/h4-7,10,13,17H,1-3,8-9H2,(H,16,18). The van der Waals surface area contributed by atoms with Crippen molar-refractivity contribution in [1.82, 2.24) is 5.32 Å². The second kappa shape index (κ2) is 7.31. The molecule has 2 rings (SSSR count). The molecule has 1 amide bonds. The molecular weight excluding hydrogens is 326 g/mol. The summed E-state index contributed by atoms with van der Waals surface area (Å²) in [5, 5.41) is 12.3. The largest absolute Gasteiger partial charge is 0.396 e. The number of benzene rings is 1. The van der Waals surface area contributed by atoms with Gasteiger partial charge in [0.15, 0.2) is 0 Å². The highest BCUT2D eigenvalue weighted by molar-refractivity contribution is 9.10. The van der Waals surface area contributed by atoms with Crippen molar-refractivity contribution in [2.75, 3.05) is 12.4 Å². The number of hydrogen-bond donors (Lipinski definition) is 2. The molecule has 0 aliphatic heterocycles. The van der Waals surface area contributed by atoms with Crippen LogP contribution in [-0.2, 0) is 4.79 Å². The lowest BCUT2D eigenvalue weighted by atomic mass is 10.1. The fourth-order valence-corrected chi connectivity index (χ4v) is 3.35. The van der Waals surface area contributed by atoms with Gasteiger partial charge < -0.3 is 10.4 Å². The zero-order valence-electron chi connectivity index (χ0n) is 10.6. The molecule has 1 aliphatic rings. The van der Waals surface area contributed by atoms with Gasteiger partial charge in [-0.1, -0.05) is 22.4 Å². The first kappa shape index (κ1) is 14.9. The summed E-state index contributed by atoms with van der Waals surface area (Å²) in [6.07, 6.45) is 3.09. The van der Waals surface area contributed by atoms with Gasteiger partial charge >= 0.3 is 0 Å². The van der Waals surface area contributed by atoms with E-state index in [0.29, 0.717) is 5.75 Å². The second-order valence-corrected chi connectivity index (χ2v) is 6.75. The van der Waals surface area contributed by atoms with Gasteiger partial charge in [0.05, 0.1) is 5.75 Å². The molecule has 0 bridgehead atoms. The van der Waals surface area contributed by atoms with Gasteiger partial charge in [-0.05, 0) is 37.1 Å². The summed E-state index contributed by atoms with van der Waals surface area (Å²) < 4.78 is 1.04. The van der Waals surface area contributed by atoms with Crippen molar-refractivity contribution in [2.24, 2.45) is 5.92 Å². The molecule has 2 unspecified atom stereocenters. The van der Waals surface area contributed by atoms with E-state index in [2.05, 4.69) is 21.2 Å². The molecule has 0 heterocycles. The normalized spacial score (nSPS) is 22.4. The van der Waals surface area contributed by atoms with Crippen LogP contribution in [-0.4, -0.2) is 29.4 Å². The molecule has 1 fully saturated rings. The Morgan fingerprint density at radius 1 is 1.37 bits per heavy atom. The van der Waals surface area contributed by atoms with E-state index < -0.39 is 0 Å². The Balaban J connectivity index is 1.77. The summed E-state index contributed by atoms with van der Waals surface area (Å²) >= 11 is 4.92. The minimum atomic E-state index is 0.0540. The predicted octanol–water partition coefficient (Wildman–Crippen LogP) is 2.82. The molecule has 0 radical (unpaired) electrons. The van der Waals surface area contributed by atoms with Crippen LogP contribution in [0, 0.1) is 5.92 Å². The number of thioether (sulfide) groups is 1. The highest BCUT2D eigenvalue weighted by atomic mass is 79.9. The van der Waals surface area contributed by atoms with Crippen LogP contribution in [0.1, 0.15) is 19.3 Å². The summed E-state index contributed by atoms with van der Waals surface area (Å²) in [6, 6.07) is 8.09. The van der Waals surface area contributed by atoms with Gasteiger partial charge in [0.2, 0.25) is 5.91 Å². The van der Waals surface area contributed by atoms with E-state index in [1.165, 1.54) is 11.8 Å². The Hall–Kier alpha value is -0.520. The van der Waals surface area contributed by atoms with Crippen molar-refractivity contribution >= 4 is 33.6 Å². The van der Waals surface area contributed by atoms with Gasteiger partial charge in [0.25, 0.3) is 0 Å². The predicted molar refractivity (Wildman–Crippen MR) is 81.2 cm³/mol. The summed E-state index contributed by atoms with van der Waals surface area (Å²) in [5.41, 5.74) is 0. The lowest BCUT2D eigenvalue weighted by molar-refractivity contribution is -0.119. The molecule has 2 atom stereocenters. The molecule has 5 heteroatoms. The Morgan fingerprint density at radius 2 is 2.11 bits per heavy atom. The molecule has 0 aromatic heterocycles. The molecule has 0 saturated heterocycles. The molecule has 1 aromatic carbocycles. The molecule has 104 valence electrons. The molecule has 1 saturated carbocycles. The van der Waals surface area contributed by atoms with E-state index in [-0.39, 0.29) is 24.5 Å². The summed E-state index contributed by atoms with van der Waals surface area (Å²) in [4.78, 5) is 13.0.